The number of halogens is 3. The molecule has 1 fully saturated rings. The van der Waals surface area contributed by atoms with Gasteiger partial charge in [0.1, 0.15) is 17.3 Å². The normalized spacial score (nSPS) is 21.0. The van der Waals surface area contributed by atoms with Crippen molar-refractivity contribution in [1.29, 1.82) is 0 Å². The molecule has 0 atom stereocenters. The molecule has 1 nitrogen and oxygen atoms in total. The highest BCUT2D eigenvalue weighted by Crippen LogP contribution is 2.40. The van der Waals surface area contributed by atoms with Gasteiger partial charge < -0.3 is 5.32 Å². The summed E-state index contributed by atoms with van der Waals surface area (Å²) in [4.78, 5) is 0. The van der Waals surface area contributed by atoms with Crippen molar-refractivity contribution < 1.29 is 13.2 Å². The van der Waals surface area contributed by atoms with Crippen molar-refractivity contribution in [3.05, 3.63) is 65.0 Å². The van der Waals surface area contributed by atoms with E-state index in [0.29, 0.717) is 24.0 Å². The van der Waals surface area contributed by atoms with E-state index in [-0.39, 0.29) is 23.5 Å². The van der Waals surface area contributed by atoms with Crippen LogP contribution in [-0.4, -0.2) is 6.04 Å². The van der Waals surface area contributed by atoms with Crippen molar-refractivity contribution in [1.82, 2.24) is 0 Å². The fourth-order valence-corrected chi connectivity index (χ4v) is 2.79. The Kier molecular flexibility index (Phi) is 3.62. The van der Waals surface area contributed by atoms with Crippen LogP contribution in [0.3, 0.4) is 0 Å². The minimum atomic E-state index is -0.590. The summed E-state index contributed by atoms with van der Waals surface area (Å²) in [5, 5.41) is 2.90. The molecule has 0 spiro atoms. The molecule has 0 bridgehead atoms. The molecule has 3 rings (SSSR count). The van der Waals surface area contributed by atoms with Crippen LogP contribution in [0.5, 0.6) is 0 Å². The summed E-state index contributed by atoms with van der Waals surface area (Å²) >= 11 is 0. The second kappa shape index (κ2) is 5.43. The molecule has 1 saturated carbocycles. The fraction of sp³-hybridized carbons (Fsp3) is 0.294. The van der Waals surface area contributed by atoms with Crippen molar-refractivity contribution in [2.45, 2.75) is 31.7 Å². The number of hydrogen-bond donors (Lipinski definition) is 1. The second-order valence-corrected chi connectivity index (χ2v) is 5.58. The summed E-state index contributed by atoms with van der Waals surface area (Å²) in [5.74, 6) is -1.25. The molecule has 0 amide bonds. The van der Waals surface area contributed by atoms with E-state index in [1.165, 1.54) is 18.2 Å². The number of hydrogen-bond acceptors (Lipinski definition) is 1. The Morgan fingerprint density at radius 3 is 2.38 bits per heavy atom. The zero-order valence-electron chi connectivity index (χ0n) is 11.7. The van der Waals surface area contributed by atoms with Crippen LogP contribution >= 0.6 is 0 Å². The lowest BCUT2D eigenvalue weighted by Crippen LogP contribution is -2.35. The van der Waals surface area contributed by atoms with Crippen LogP contribution in [0, 0.1) is 24.4 Å². The van der Waals surface area contributed by atoms with Gasteiger partial charge >= 0.3 is 0 Å². The Balaban J connectivity index is 1.68. The van der Waals surface area contributed by atoms with Gasteiger partial charge in [-0.15, -0.1) is 0 Å². The van der Waals surface area contributed by atoms with Crippen molar-refractivity contribution in [3.63, 3.8) is 0 Å². The quantitative estimate of drug-likeness (QED) is 0.859. The molecule has 0 radical (unpaired) electrons. The van der Waals surface area contributed by atoms with E-state index >= 15 is 0 Å². The molecule has 4 heteroatoms. The van der Waals surface area contributed by atoms with E-state index in [0.717, 1.165) is 0 Å². The molecule has 2 aromatic carbocycles. The zero-order valence-corrected chi connectivity index (χ0v) is 11.7. The van der Waals surface area contributed by atoms with Gasteiger partial charge in [-0.2, -0.15) is 0 Å². The van der Waals surface area contributed by atoms with Gasteiger partial charge in [-0.05, 0) is 48.9 Å². The van der Waals surface area contributed by atoms with Gasteiger partial charge in [0.25, 0.3) is 0 Å². The Labute approximate surface area is 121 Å². The van der Waals surface area contributed by atoms with Crippen LogP contribution < -0.4 is 5.32 Å². The SMILES string of the molecule is Cc1ccc(F)c(NC2CC(c3ccccc3F)C2)c1F. The lowest BCUT2D eigenvalue weighted by molar-refractivity contribution is 0.360. The Bertz CT molecular complexity index is 663. The third-order valence-corrected chi connectivity index (χ3v) is 4.12. The molecular formula is C17H16F3N. The van der Waals surface area contributed by atoms with Gasteiger partial charge in [-0.3, -0.25) is 0 Å². The first-order valence-electron chi connectivity index (χ1n) is 7.02. The van der Waals surface area contributed by atoms with Gasteiger partial charge in [0, 0.05) is 6.04 Å². The van der Waals surface area contributed by atoms with Gasteiger partial charge in [0.2, 0.25) is 0 Å². The third-order valence-electron chi connectivity index (χ3n) is 4.12. The molecule has 0 aliphatic heterocycles. The second-order valence-electron chi connectivity index (χ2n) is 5.58. The standard InChI is InChI=1S/C17H16F3N/c1-10-6-7-15(19)17(16(10)20)21-12-8-11(9-12)13-4-2-3-5-14(13)18/h2-7,11-12,21H,8-9H2,1H3. The Morgan fingerprint density at radius 2 is 1.67 bits per heavy atom. The highest BCUT2D eigenvalue weighted by molar-refractivity contribution is 5.50. The van der Waals surface area contributed by atoms with E-state index < -0.39 is 11.6 Å². The van der Waals surface area contributed by atoms with Crippen LogP contribution in [0.15, 0.2) is 36.4 Å². The lowest BCUT2D eigenvalue weighted by atomic mass is 9.75. The third kappa shape index (κ3) is 2.62. The van der Waals surface area contributed by atoms with E-state index in [1.807, 2.05) is 0 Å². The Morgan fingerprint density at radius 1 is 0.952 bits per heavy atom. The molecule has 21 heavy (non-hydrogen) atoms. The molecule has 0 heterocycles. The van der Waals surface area contributed by atoms with E-state index in [2.05, 4.69) is 5.32 Å². The molecule has 0 unspecified atom stereocenters. The highest BCUT2D eigenvalue weighted by atomic mass is 19.1. The Hall–Kier alpha value is -1.97. The summed E-state index contributed by atoms with van der Waals surface area (Å²) in [6.45, 7) is 1.60. The van der Waals surface area contributed by atoms with Crippen LogP contribution in [-0.2, 0) is 0 Å². The van der Waals surface area contributed by atoms with Crippen molar-refractivity contribution in [3.8, 4) is 0 Å². The summed E-state index contributed by atoms with van der Waals surface area (Å²) in [7, 11) is 0. The van der Waals surface area contributed by atoms with Crippen LogP contribution in [0.1, 0.15) is 29.9 Å². The predicted octanol–water partition coefficient (Wildman–Crippen LogP) is 4.77. The number of benzene rings is 2. The maximum atomic E-state index is 13.9. The molecule has 2 aromatic rings. The summed E-state index contributed by atoms with van der Waals surface area (Å²) < 4.78 is 41.2. The summed E-state index contributed by atoms with van der Waals surface area (Å²) in [6.07, 6.45) is 1.35. The van der Waals surface area contributed by atoms with Gasteiger partial charge in [0.15, 0.2) is 5.82 Å². The molecule has 0 saturated heterocycles. The first kappa shape index (κ1) is 14.0. The maximum Gasteiger partial charge on any atom is 0.152 e. The molecule has 1 aliphatic rings. The van der Waals surface area contributed by atoms with E-state index in [9.17, 15) is 13.2 Å². The smallest absolute Gasteiger partial charge is 0.152 e. The average molecular weight is 291 g/mol. The molecular weight excluding hydrogens is 275 g/mol. The van der Waals surface area contributed by atoms with Crippen LogP contribution in [0.4, 0.5) is 18.9 Å². The molecule has 0 aromatic heterocycles. The van der Waals surface area contributed by atoms with Crippen molar-refractivity contribution >= 4 is 5.69 Å². The van der Waals surface area contributed by atoms with Crippen LogP contribution in [0.2, 0.25) is 0 Å². The monoisotopic (exact) mass is 291 g/mol. The number of aryl methyl sites for hydroxylation is 1. The first-order valence-corrected chi connectivity index (χ1v) is 7.02. The minimum Gasteiger partial charge on any atom is -0.378 e. The van der Waals surface area contributed by atoms with Gasteiger partial charge in [0.05, 0.1) is 0 Å². The summed E-state index contributed by atoms with van der Waals surface area (Å²) in [6, 6.07) is 9.32. The number of anilines is 1. The van der Waals surface area contributed by atoms with Crippen molar-refractivity contribution in [2.24, 2.45) is 0 Å². The molecule has 110 valence electrons. The van der Waals surface area contributed by atoms with E-state index in [1.54, 1.807) is 25.1 Å². The van der Waals surface area contributed by atoms with E-state index in [4.69, 9.17) is 0 Å². The average Bonchev–Trinajstić information content (AvgIpc) is 2.42. The lowest BCUT2D eigenvalue weighted by Gasteiger charge is -2.37. The first-order chi connectivity index (χ1) is 10.1. The minimum absolute atomic E-state index is 0.0274. The number of rotatable bonds is 3. The topological polar surface area (TPSA) is 12.0 Å². The largest absolute Gasteiger partial charge is 0.378 e. The maximum absolute atomic E-state index is 13.9. The molecule has 1 N–H and O–H groups in total. The van der Waals surface area contributed by atoms with Crippen molar-refractivity contribution in [2.75, 3.05) is 5.32 Å². The summed E-state index contributed by atoms with van der Waals surface area (Å²) in [5.41, 5.74) is 1.01. The fourth-order valence-electron chi connectivity index (χ4n) is 2.79. The highest BCUT2D eigenvalue weighted by Gasteiger charge is 2.32. The predicted molar refractivity (Wildman–Crippen MR) is 76.9 cm³/mol. The van der Waals surface area contributed by atoms with Gasteiger partial charge in [-0.25, -0.2) is 13.2 Å². The zero-order chi connectivity index (χ0) is 15.0. The van der Waals surface area contributed by atoms with Crippen LogP contribution in [0.25, 0.3) is 0 Å². The number of nitrogens with one attached hydrogen (secondary N) is 1. The molecule has 1 aliphatic carbocycles. The van der Waals surface area contributed by atoms with Gasteiger partial charge in [-0.1, -0.05) is 24.3 Å².